The second-order valence-electron chi connectivity index (χ2n) is 5.68. The summed E-state index contributed by atoms with van der Waals surface area (Å²) in [5.41, 5.74) is 0.631. The molecule has 1 aromatic heterocycles. The van der Waals surface area contributed by atoms with Gasteiger partial charge in [0.05, 0.1) is 24.8 Å². The highest BCUT2D eigenvalue weighted by atomic mass is 16.5. The summed E-state index contributed by atoms with van der Waals surface area (Å²) >= 11 is 0. The molecule has 0 bridgehead atoms. The molecule has 22 heavy (non-hydrogen) atoms. The SMILES string of the molecule is CCO[C@H]1COC[C@@H]1Nc1ncccc1C(=O)N1CCCC1. The monoisotopic (exact) mass is 305 g/mol. The van der Waals surface area contributed by atoms with E-state index in [4.69, 9.17) is 9.47 Å². The van der Waals surface area contributed by atoms with Crippen LogP contribution >= 0.6 is 0 Å². The van der Waals surface area contributed by atoms with E-state index in [9.17, 15) is 4.79 Å². The van der Waals surface area contributed by atoms with E-state index in [0.717, 1.165) is 25.9 Å². The molecule has 0 aliphatic carbocycles. The number of carbonyl (C=O) groups excluding carboxylic acids is 1. The van der Waals surface area contributed by atoms with Gasteiger partial charge in [0.15, 0.2) is 0 Å². The summed E-state index contributed by atoms with van der Waals surface area (Å²) in [6, 6.07) is 3.67. The number of carbonyl (C=O) groups is 1. The third-order valence-corrected chi connectivity index (χ3v) is 4.16. The molecule has 0 aromatic carbocycles. The summed E-state index contributed by atoms with van der Waals surface area (Å²) in [6.45, 7) is 5.43. The molecule has 6 nitrogen and oxygen atoms in total. The van der Waals surface area contributed by atoms with Gasteiger partial charge in [-0.2, -0.15) is 0 Å². The molecule has 2 saturated heterocycles. The van der Waals surface area contributed by atoms with Crippen molar-refractivity contribution < 1.29 is 14.3 Å². The van der Waals surface area contributed by atoms with Gasteiger partial charge in [0.25, 0.3) is 5.91 Å². The Kier molecular flexibility index (Phi) is 4.90. The molecule has 1 N–H and O–H groups in total. The number of pyridine rings is 1. The van der Waals surface area contributed by atoms with Crippen molar-refractivity contribution in [1.29, 1.82) is 0 Å². The minimum Gasteiger partial charge on any atom is -0.376 e. The number of rotatable bonds is 5. The predicted octanol–water partition coefficient (Wildman–Crippen LogP) is 1.53. The van der Waals surface area contributed by atoms with E-state index in [-0.39, 0.29) is 18.1 Å². The van der Waals surface area contributed by atoms with E-state index in [0.29, 0.717) is 31.2 Å². The number of amides is 1. The zero-order valence-electron chi connectivity index (χ0n) is 13.0. The maximum Gasteiger partial charge on any atom is 0.257 e. The van der Waals surface area contributed by atoms with Crippen LogP contribution in [0.1, 0.15) is 30.1 Å². The summed E-state index contributed by atoms with van der Waals surface area (Å²) in [5.74, 6) is 0.680. The highest BCUT2D eigenvalue weighted by Gasteiger charge is 2.30. The smallest absolute Gasteiger partial charge is 0.257 e. The Balaban J connectivity index is 1.74. The fourth-order valence-corrected chi connectivity index (χ4v) is 3.01. The van der Waals surface area contributed by atoms with E-state index in [1.165, 1.54) is 0 Å². The van der Waals surface area contributed by atoms with E-state index >= 15 is 0 Å². The Morgan fingerprint density at radius 3 is 3.05 bits per heavy atom. The number of nitrogens with zero attached hydrogens (tertiary/aromatic N) is 2. The highest BCUT2D eigenvalue weighted by Crippen LogP contribution is 2.21. The lowest BCUT2D eigenvalue weighted by molar-refractivity contribution is 0.0477. The van der Waals surface area contributed by atoms with Crippen molar-refractivity contribution in [3.63, 3.8) is 0 Å². The average Bonchev–Trinajstić information content (AvgIpc) is 3.20. The van der Waals surface area contributed by atoms with E-state index in [2.05, 4.69) is 10.3 Å². The van der Waals surface area contributed by atoms with Crippen LogP contribution in [0.5, 0.6) is 0 Å². The largest absolute Gasteiger partial charge is 0.376 e. The second kappa shape index (κ2) is 7.07. The number of ether oxygens (including phenoxy) is 2. The Labute approximate surface area is 130 Å². The number of hydrogen-bond donors (Lipinski definition) is 1. The Morgan fingerprint density at radius 1 is 1.45 bits per heavy atom. The Hall–Kier alpha value is -1.66. The fraction of sp³-hybridized carbons (Fsp3) is 0.625. The van der Waals surface area contributed by atoms with Crippen LogP contribution in [0, 0.1) is 0 Å². The van der Waals surface area contributed by atoms with Crippen LogP contribution in [0.4, 0.5) is 5.82 Å². The van der Waals surface area contributed by atoms with Crippen molar-refractivity contribution in [2.24, 2.45) is 0 Å². The third kappa shape index (κ3) is 3.23. The van der Waals surface area contributed by atoms with Crippen LogP contribution in [-0.2, 0) is 9.47 Å². The molecule has 0 saturated carbocycles. The molecule has 2 atom stereocenters. The van der Waals surface area contributed by atoms with Gasteiger partial charge in [-0.1, -0.05) is 0 Å². The Bertz CT molecular complexity index is 517. The highest BCUT2D eigenvalue weighted by molar-refractivity contribution is 5.98. The van der Waals surface area contributed by atoms with Gasteiger partial charge in [-0.3, -0.25) is 4.79 Å². The van der Waals surface area contributed by atoms with Gasteiger partial charge in [-0.05, 0) is 31.9 Å². The zero-order chi connectivity index (χ0) is 15.4. The molecule has 1 amide bonds. The first-order valence-electron chi connectivity index (χ1n) is 7.99. The second-order valence-corrected chi connectivity index (χ2v) is 5.68. The lowest BCUT2D eigenvalue weighted by atomic mass is 10.1. The summed E-state index contributed by atoms with van der Waals surface area (Å²) in [7, 11) is 0. The van der Waals surface area contributed by atoms with Crippen LogP contribution < -0.4 is 5.32 Å². The molecule has 6 heteroatoms. The van der Waals surface area contributed by atoms with E-state index < -0.39 is 0 Å². The molecule has 0 unspecified atom stereocenters. The topological polar surface area (TPSA) is 63.7 Å². The fourth-order valence-electron chi connectivity index (χ4n) is 3.01. The molecule has 2 aliphatic heterocycles. The van der Waals surface area contributed by atoms with E-state index in [1.807, 2.05) is 17.9 Å². The van der Waals surface area contributed by atoms with Gasteiger partial charge in [0, 0.05) is 25.9 Å². The van der Waals surface area contributed by atoms with Crippen LogP contribution in [0.15, 0.2) is 18.3 Å². The predicted molar refractivity (Wildman–Crippen MR) is 83.0 cm³/mol. The molecular weight excluding hydrogens is 282 g/mol. The van der Waals surface area contributed by atoms with Crippen molar-refractivity contribution >= 4 is 11.7 Å². The minimum atomic E-state index is 0.00162. The number of anilines is 1. The normalized spacial score (nSPS) is 24.7. The van der Waals surface area contributed by atoms with Crippen LogP contribution in [0.25, 0.3) is 0 Å². The summed E-state index contributed by atoms with van der Waals surface area (Å²) < 4.78 is 11.2. The van der Waals surface area contributed by atoms with Gasteiger partial charge in [-0.15, -0.1) is 0 Å². The Morgan fingerprint density at radius 2 is 2.27 bits per heavy atom. The molecule has 2 fully saturated rings. The van der Waals surface area contributed by atoms with Gasteiger partial charge in [0.2, 0.25) is 0 Å². The van der Waals surface area contributed by atoms with Crippen LogP contribution in [-0.4, -0.2) is 60.8 Å². The lowest BCUT2D eigenvalue weighted by Gasteiger charge is -2.22. The summed E-state index contributed by atoms with van der Waals surface area (Å²) in [5, 5.41) is 3.34. The molecule has 1 aromatic rings. The third-order valence-electron chi connectivity index (χ3n) is 4.16. The van der Waals surface area contributed by atoms with Crippen LogP contribution in [0.2, 0.25) is 0 Å². The first kappa shape index (κ1) is 15.2. The van der Waals surface area contributed by atoms with Gasteiger partial charge in [0.1, 0.15) is 11.9 Å². The molecular formula is C16H23N3O3. The number of nitrogens with one attached hydrogen (secondary N) is 1. The minimum absolute atomic E-state index is 0.00162. The average molecular weight is 305 g/mol. The molecule has 0 radical (unpaired) electrons. The van der Waals surface area contributed by atoms with Crippen molar-refractivity contribution in [3.05, 3.63) is 23.9 Å². The first-order chi connectivity index (χ1) is 10.8. The maximum absolute atomic E-state index is 12.6. The maximum atomic E-state index is 12.6. The quantitative estimate of drug-likeness (QED) is 0.894. The van der Waals surface area contributed by atoms with Crippen LogP contribution in [0.3, 0.4) is 0 Å². The molecule has 3 heterocycles. The van der Waals surface area contributed by atoms with Crippen molar-refractivity contribution in [3.8, 4) is 0 Å². The zero-order valence-corrected chi connectivity index (χ0v) is 13.0. The lowest BCUT2D eigenvalue weighted by Crippen LogP contribution is -2.36. The van der Waals surface area contributed by atoms with Crippen molar-refractivity contribution in [2.45, 2.75) is 31.9 Å². The first-order valence-corrected chi connectivity index (χ1v) is 7.99. The molecule has 3 rings (SSSR count). The number of hydrogen-bond acceptors (Lipinski definition) is 5. The van der Waals surface area contributed by atoms with Gasteiger partial charge in [-0.25, -0.2) is 4.98 Å². The van der Waals surface area contributed by atoms with Crippen molar-refractivity contribution in [1.82, 2.24) is 9.88 Å². The molecule has 120 valence electrons. The summed E-state index contributed by atoms with van der Waals surface area (Å²) in [4.78, 5) is 18.9. The number of likely N-dealkylation sites (tertiary alicyclic amines) is 1. The summed E-state index contributed by atoms with van der Waals surface area (Å²) in [6.07, 6.45) is 3.87. The van der Waals surface area contributed by atoms with E-state index in [1.54, 1.807) is 12.3 Å². The van der Waals surface area contributed by atoms with Gasteiger partial charge >= 0.3 is 0 Å². The standard InChI is InChI=1S/C16H23N3O3/c1-2-22-14-11-21-10-13(14)18-15-12(6-5-7-17-15)16(20)19-8-3-4-9-19/h5-7,13-14H,2-4,8-11H2,1H3,(H,17,18)/t13-,14-/m0/s1. The number of aromatic nitrogens is 1. The molecule has 2 aliphatic rings. The van der Waals surface area contributed by atoms with Crippen molar-refractivity contribution in [2.75, 3.05) is 38.2 Å². The molecule has 0 spiro atoms. The van der Waals surface area contributed by atoms with Gasteiger partial charge < -0.3 is 19.7 Å².